The highest BCUT2D eigenvalue weighted by Gasteiger charge is 2.31. The molecule has 1 nitrogen and oxygen atoms in total. The summed E-state index contributed by atoms with van der Waals surface area (Å²) in [5.74, 6) is -2.35. The van der Waals surface area contributed by atoms with Crippen molar-refractivity contribution in [1.29, 1.82) is 0 Å². The van der Waals surface area contributed by atoms with Gasteiger partial charge in [0.05, 0.1) is 0 Å². The Morgan fingerprint density at radius 3 is 2.64 bits per heavy atom. The lowest BCUT2D eigenvalue weighted by Gasteiger charge is -2.12. The number of aliphatic hydroxyl groups is 1. The van der Waals surface area contributed by atoms with E-state index >= 15 is 0 Å². The van der Waals surface area contributed by atoms with Gasteiger partial charge in [0, 0.05) is 19.4 Å². The van der Waals surface area contributed by atoms with Crippen LogP contribution < -0.4 is 0 Å². The van der Waals surface area contributed by atoms with E-state index in [-0.39, 0.29) is 25.4 Å². The molecule has 1 rings (SSSR count). The van der Waals surface area contributed by atoms with Gasteiger partial charge in [-0.15, -0.1) is 0 Å². The molecule has 1 fully saturated rings. The molecule has 11 heavy (non-hydrogen) atoms. The maximum absolute atomic E-state index is 12.7. The second kappa shape index (κ2) is 3.48. The summed E-state index contributed by atoms with van der Waals surface area (Å²) < 4.78 is 25.4. The zero-order chi connectivity index (χ0) is 8.32. The molecule has 0 amide bonds. The minimum atomic E-state index is -2.47. The summed E-state index contributed by atoms with van der Waals surface area (Å²) in [5, 5.41) is 8.74. The van der Waals surface area contributed by atoms with E-state index in [1.54, 1.807) is 0 Å². The first kappa shape index (κ1) is 8.91. The molecular formula is C8H14F2O. The highest BCUT2D eigenvalue weighted by atomic mass is 19.3. The van der Waals surface area contributed by atoms with E-state index in [4.69, 9.17) is 5.11 Å². The Balaban J connectivity index is 2.39. The van der Waals surface area contributed by atoms with E-state index in [1.807, 2.05) is 0 Å². The van der Waals surface area contributed by atoms with Crippen LogP contribution in [0.3, 0.4) is 0 Å². The number of rotatable bonds is 1. The van der Waals surface area contributed by atoms with Gasteiger partial charge in [-0.2, -0.15) is 0 Å². The maximum atomic E-state index is 12.7. The molecule has 1 atom stereocenters. The van der Waals surface area contributed by atoms with Gasteiger partial charge in [0.25, 0.3) is 0 Å². The predicted molar refractivity (Wildman–Crippen MR) is 38.6 cm³/mol. The van der Waals surface area contributed by atoms with Crippen molar-refractivity contribution in [2.24, 2.45) is 5.92 Å². The first-order valence-corrected chi connectivity index (χ1v) is 4.13. The molecule has 66 valence electrons. The minimum Gasteiger partial charge on any atom is -0.396 e. The highest BCUT2D eigenvalue weighted by Crippen LogP contribution is 2.33. The lowest BCUT2D eigenvalue weighted by molar-refractivity contribution is -0.0153. The SMILES string of the molecule is OCC1CCCC(F)(F)CC1. The number of alkyl halides is 2. The molecule has 0 saturated heterocycles. The smallest absolute Gasteiger partial charge is 0.248 e. The summed E-state index contributed by atoms with van der Waals surface area (Å²) in [7, 11) is 0. The van der Waals surface area contributed by atoms with Gasteiger partial charge in [-0.05, 0) is 25.2 Å². The number of hydrogen-bond acceptors (Lipinski definition) is 1. The molecule has 0 spiro atoms. The molecule has 0 radical (unpaired) electrons. The highest BCUT2D eigenvalue weighted by molar-refractivity contribution is 4.74. The Morgan fingerprint density at radius 2 is 2.00 bits per heavy atom. The van der Waals surface area contributed by atoms with Crippen molar-refractivity contribution in [3.8, 4) is 0 Å². The number of hydrogen-bond donors (Lipinski definition) is 1. The normalized spacial score (nSPS) is 31.4. The summed E-state index contributed by atoms with van der Waals surface area (Å²) in [6.45, 7) is 0.0656. The summed E-state index contributed by atoms with van der Waals surface area (Å²) >= 11 is 0. The van der Waals surface area contributed by atoms with Gasteiger partial charge in [0.1, 0.15) is 0 Å². The van der Waals surface area contributed by atoms with Crippen molar-refractivity contribution < 1.29 is 13.9 Å². The molecule has 1 N–H and O–H groups in total. The third-order valence-electron chi connectivity index (χ3n) is 2.33. The number of halogens is 2. The largest absolute Gasteiger partial charge is 0.396 e. The first-order valence-electron chi connectivity index (χ1n) is 4.13. The van der Waals surface area contributed by atoms with E-state index < -0.39 is 5.92 Å². The molecular weight excluding hydrogens is 150 g/mol. The maximum Gasteiger partial charge on any atom is 0.248 e. The quantitative estimate of drug-likeness (QED) is 0.589. The van der Waals surface area contributed by atoms with Gasteiger partial charge in [-0.1, -0.05) is 0 Å². The molecule has 0 aromatic carbocycles. The zero-order valence-electron chi connectivity index (χ0n) is 6.52. The van der Waals surface area contributed by atoms with E-state index in [0.717, 1.165) is 6.42 Å². The van der Waals surface area contributed by atoms with Crippen LogP contribution in [0.4, 0.5) is 8.78 Å². The van der Waals surface area contributed by atoms with Crippen LogP contribution in [0, 0.1) is 5.92 Å². The van der Waals surface area contributed by atoms with Gasteiger partial charge in [-0.3, -0.25) is 0 Å². The molecule has 1 aliphatic rings. The van der Waals surface area contributed by atoms with Crippen LogP contribution >= 0.6 is 0 Å². The van der Waals surface area contributed by atoms with Crippen molar-refractivity contribution in [2.75, 3.05) is 6.61 Å². The summed E-state index contributed by atoms with van der Waals surface area (Å²) in [5.41, 5.74) is 0. The Bertz CT molecular complexity index is 125. The fraction of sp³-hybridized carbons (Fsp3) is 1.00. The fourth-order valence-electron chi connectivity index (χ4n) is 1.52. The van der Waals surface area contributed by atoms with Crippen LogP contribution in [-0.2, 0) is 0 Å². The predicted octanol–water partition coefficient (Wildman–Crippen LogP) is 2.19. The van der Waals surface area contributed by atoms with Crippen molar-refractivity contribution in [3.05, 3.63) is 0 Å². The Labute approximate surface area is 65.4 Å². The van der Waals surface area contributed by atoms with Gasteiger partial charge in [-0.25, -0.2) is 8.78 Å². The third-order valence-corrected chi connectivity index (χ3v) is 2.33. The Kier molecular flexibility index (Phi) is 2.82. The molecule has 0 bridgehead atoms. The van der Waals surface area contributed by atoms with E-state index in [1.165, 1.54) is 0 Å². The lowest BCUT2D eigenvalue weighted by atomic mass is 10.0. The number of aliphatic hydroxyl groups excluding tert-OH is 1. The van der Waals surface area contributed by atoms with Crippen LogP contribution in [0.25, 0.3) is 0 Å². The topological polar surface area (TPSA) is 20.2 Å². The minimum absolute atomic E-state index is 0.00347. The molecule has 1 unspecified atom stereocenters. The summed E-state index contributed by atoms with van der Waals surface area (Å²) in [6, 6.07) is 0. The molecule has 3 heteroatoms. The Hall–Kier alpha value is -0.180. The molecule has 0 aromatic rings. The second-order valence-electron chi connectivity index (χ2n) is 3.34. The van der Waals surface area contributed by atoms with Crippen molar-refractivity contribution >= 4 is 0 Å². The third kappa shape index (κ3) is 2.73. The molecule has 0 heterocycles. The average molecular weight is 164 g/mol. The van der Waals surface area contributed by atoms with Gasteiger partial charge < -0.3 is 5.11 Å². The van der Waals surface area contributed by atoms with Crippen LogP contribution in [-0.4, -0.2) is 17.6 Å². The van der Waals surface area contributed by atoms with E-state index in [9.17, 15) is 8.78 Å². The Morgan fingerprint density at radius 1 is 1.27 bits per heavy atom. The van der Waals surface area contributed by atoms with E-state index in [0.29, 0.717) is 12.8 Å². The molecule has 0 aliphatic heterocycles. The van der Waals surface area contributed by atoms with Gasteiger partial charge in [0.15, 0.2) is 0 Å². The van der Waals surface area contributed by atoms with Crippen molar-refractivity contribution in [3.63, 3.8) is 0 Å². The molecule has 0 aromatic heterocycles. The monoisotopic (exact) mass is 164 g/mol. The van der Waals surface area contributed by atoms with Crippen LogP contribution in [0.2, 0.25) is 0 Å². The van der Waals surface area contributed by atoms with E-state index in [2.05, 4.69) is 0 Å². The average Bonchev–Trinajstić information content (AvgIpc) is 2.10. The summed E-state index contributed by atoms with van der Waals surface area (Å²) in [6.07, 6.45) is 1.75. The summed E-state index contributed by atoms with van der Waals surface area (Å²) in [4.78, 5) is 0. The lowest BCUT2D eigenvalue weighted by Crippen LogP contribution is -2.14. The standard InChI is InChI=1S/C8H14F2O/c9-8(10)4-1-2-7(6-11)3-5-8/h7,11H,1-6H2. The zero-order valence-corrected chi connectivity index (χ0v) is 6.52. The fourth-order valence-corrected chi connectivity index (χ4v) is 1.52. The van der Waals surface area contributed by atoms with Gasteiger partial charge >= 0.3 is 0 Å². The van der Waals surface area contributed by atoms with Crippen molar-refractivity contribution in [1.82, 2.24) is 0 Å². The van der Waals surface area contributed by atoms with Crippen LogP contribution in [0.1, 0.15) is 32.1 Å². The second-order valence-corrected chi connectivity index (χ2v) is 3.34. The molecule has 1 aliphatic carbocycles. The van der Waals surface area contributed by atoms with Crippen molar-refractivity contribution in [2.45, 2.75) is 38.0 Å². The first-order chi connectivity index (χ1) is 5.14. The molecule has 1 saturated carbocycles. The van der Waals surface area contributed by atoms with Crippen LogP contribution in [0.15, 0.2) is 0 Å². The van der Waals surface area contributed by atoms with Gasteiger partial charge in [0.2, 0.25) is 5.92 Å². The van der Waals surface area contributed by atoms with Crippen LogP contribution in [0.5, 0.6) is 0 Å².